The predicted molar refractivity (Wildman–Crippen MR) is 59.0 cm³/mol. The predicted octanol–water partition coefficient (Wildman–Crippen LogP) is 1.51. The third-order valence-electron chi connectivity index (χ3n) is 1.70. The number of hydrogen-bond acceptors (Lipinski definition) is 5. The fourth-order valence-electron chi connectivity index (χ4n) is 0.724. The molecule has 3 N–H and O–H groups in total. The fraction of sp³-hybridized carbons (Fsp3) is 0.571. The maximum atomic E-state index is 12.1. The van der Waals surface area contributed by atoms with Gasteiger partial charge in [0, 0.05) is 12.5 Å². The molecule has 0 saturated heterocycles. The summed E-state index contributed by atoms with van der Waals surface area (Å²) >= 11 is 0.276. The third-order valence-corrected chi connectivity index (χ3v) is 2.58. The summed E-state index contributed by atoms with van der Waals surface area (Å²) in [5, 5.41) is 7.07. The molecule has 0 radical (unpaired) electrons. The average Bonchev–Trinajstić information content (AvgIpc) is 2.64. The van der Waals surface area contributed by atoms with Crippen LogP contribution in [0.15, 0.2) is 0 Å². The molecule has 0 fully saturated rings. The number of aromatic nitrogens is 2. The quantitative estimate of drug-likeness (QED) is 0.884. The Balaban J connectivity index is 0.00000256. The van der Waals surface area contributed by atoms with E-state index >= 15 is 0 Å². The van der Waals surface area contributed by atoms with Gasteiger partial charge in [-0.05, 0) is 0 Å². The Bertz CT molecular complexity index is 383. The zero-order chi connectivity index (χ0) is 12.3. The zero-order valence-corrected chi connectivity index (χ0v) is 10.2. The van der Waals surface area contributed by atoms with E-state index in [1.807, 2.05) is 0 Å². The number of nitrogens with zero attached hydrogens (tertiary/aromatic N) is 2. The Kier molecular flexibility index (Phi) is 5.79. The number of carbonyl (C=O) groups is 1. The standard InChI is InChI=1S/C7H9F3N4OS.ClH/c1-3(2-11)4(15)12-6-14-13-5(16-6)7(8,9)10;/h3H,2,11H2,1H3,(H,12,14,15);1H. The van der Waals surface area contributed by atoms with Gasteiger partial charge in [-0.3, -0.25) is 4.79 Å². The molecule has 5 nitrogen and oxygen atoms in total. The first-order chi connectivity index (χ1) is 7.34. The molecule has 0 bridgehead atoms. The van der Waals surface area contributed by atoms with Gasteiger partial charge in [0.1, 0.15) is 0 Å². The number of rotatable bonds is 3. The lowest BCUT2D eigenvalue weighted by Gasteiger charge is -2.06. The molecule has 17 heavy (non-hydrogen) atoms. The van der Waals surface area contributed by atoms with E-state index in [1.54, 1.807) is 6.92 Å². The topological polar surface area (TPSA) is 80.9 Å². The van der Waals surface area contributed by atoms with E-state index in [2.05, 4.69) is 15.5 Å². The summed E-state index contributed by atoms with van der Waals surface area (Å²) in [7, 11) is 0. The van der Waals surface area contributed by atoms with E-state index in [9.17, 15) is 18.0 Å². The van der Waals surface area contributed by atoms with Crippen LogP contribution in [0.1, 0.15) is 11.9 Å². The van der Waals surface area contributed by atoms with Crippen LogP contribution < -0.4 is 11.1 Å². The van der Waals surface area contributed by atoms with E-state index in [0.29, 0.717) is 0 Å². The summed E-state index contributed by atoms with van der Waals surface area (Å²) in [5.74, 6) is -0.967. The molecule has 10 heteroatoms. The van der Waals surface area contributed by atoms with Gasteiger partial charge in [-0.25, -0.2) is 0 Å². The highest BCUT2D eigenvalue weighted by atomic mass is 35.5. The van der Waals surface area contributed by atoms with E-state index in [1.165, 1.54) is 0 Å². The number of nitrogens with two attached hydrogens (primary N) is 1. The van der Waals surface area contributed by atoms with Crippen molar-refractivity contribution in [1.29, 1.82) is 0 Å². The minimum absolute atomic E-state index is 0. The highest BCUT2D eigenvalue weighted by molar-refractivity contribution is 7.15. The molecule has 0 aliphatic rings. The Hall–Kier alpha value is -0.930. The Morgan fingerprint density at radius 1 is 1.53 bits per heavy atom. The molecule has 0 spiro atoms. The lowest BCUT2D eigenvalue weighted by atomic mass is 10.2. The van der Waals surface area contributed by atoms with Crippen LogP contribution in [0.25, 0.3) is 0 Å². The second kappa shape index (κ2) is 6.12. The van der Waals surface area contributed by atoms with E-state index < -0.39 is 23.0 Å². The number of nitrogens with one attached hydrogen (secondary N) is 1. The molecule has 0 saturated carbocycles. The first-order valence-electron chi connectivity index (χ1n) is 4.26. The fourth-order valence-corrected chi connectivity index (χ4v) is 1.34. The number of halogens is 4. The first kappa shape index (κ1) is 16.1. The summed E-state index contributed by atoms with van der Waals surface area (Å²) in [5.41, 5.74) is 5.23. The monoisotopic (exact) mass is 290 g/mol. The molecule has 1 amide bonds. The highest BCUT2D eigenvalue weighted by Crippen LogP contribution is 2.32. The minimum Gasteiger partial charge on any atom is -0.330 e. The molecular formula is C7H10ClF3N4OS. The number of alkyl halides is 3. The van der Waals surface area contributed by atoms with Gasteiger partial charge in [-0.15, -0.1) is 22.6 Å². The second-order valence-corrected chi connectivity index (χ2v) is 4.01. The van der Waals surface area contributed by atoms with Crippen molar-refractivity contribution in [2.24, 2.45) is 11.7 Å². The number of carbonyl (C=O) groups excluding carboxylic acids is 1. The van der Waals surface area contributed by atoms with Gasteiger partial charge in [0.05, 0.1) is 0 Å². The Labute approximate surface area is 105 Å². The summed E-state index contributed by atoms with van der Waals surface area (Å²) in [4.78, 5) is 11.3. The zero-order valence-electron chi connectivity index (χ0n) is 8.61. The molecule has 0 aliphatic heterocycles. The van der Waals surface area contributed by atoms with Crippen LogP contribution in [0, 0.1) is 5.92 Å². The van der Waals surface area contributed by atoms with E-state index in [0.717, 1.165) is 0 Å². The van der Waals surface area contributed by atoms with Crippen LogP contribution in [0.4, 0.5) is 18.3 Å². The SMILES string of the molecule is CC(CN)C(=O)Nc1nnc(C(F)(F)F)s1.Cl. The second-order valence-electron chi connectivity index (χ2n) is 3.04. The van der Waals surface area contributed by atoms with Gasteiger partial charge in [-0.2, -0.15) is 13.2 Å². The van der Waals surface area contributed by atoms with Gasteiger partial charge >= 0.3 is 6.18 Å². The maximum absolute atomic E-state index is 12.1. The Morgan fingerprint density at radius 2 is 2.12 bits per heavy atom. The molecule has 98 valence electrons. The summed E-state index contributed by atoms with van der Waals surface area (Å²) < 4.78 is 36.4. The molecule has 1 aromatic heterocycles. The van der Waals surface area contributed by atoms with Crippen molar-refractivity contribution in [3.05, 3.63) is 5.01 Å². The number of anilines is 1. The molecule has 1 atom stereocenters. The van der Waals surface area contributed by atoms with Gasteiger partial charge in [-0.1, -0.05) is 18.3 Å². The maximum Gasteiger partial charge on any atom is 0.445 e. The van der Waals surface area contributed by atoms with Crippen molar-refractivity contribution in [3.8, 4) is 0 Å². The van der Waals surface area contributed by atoms with Crippen LogP contribution in [0.5, 0.6) is 0 Å². The van der Waals surface area contributed by atoms with Crippen molar-refractivity contribution in [1.82, 2.24) is 10.2 Å². The minimum atomic E-state index is -4.54. The largest absolute Gasteiger partial charge is 0.445 e. The summed E-state index contributed by atoms with van der Waals surface area (Å²) in [6.45, 7) is 1.66. The lowest BCUT2D eigenvalue weighted by Crippen LogP contribution is -2.26. The average molecular weight is 291 g/mol. The molecule has 1 heterocycles. The van der Waals surface area contributed by atoms with Gasteiger partial charge in [0.2, 0.25) is 16.0 Å². The lowest BCUT2D eigenvalue weighted by molar-refractivity contribution is -0.138. The van der Waals surface area contributed by atoms with Crippen molar-refractivity contribution in [2.45, 2.75) is 13.1 Å². The molecule has 0 aromatic carbocycles. The van der Waals surface area contributed by atoms with Crippen LogP contribution in [0.2, 0.25) is 0 Å². The van der Waals surface area contributed by atoms with Gasteiger partial charge in [0.25, 0.3) is 0 Å². The van der Waals surface area contributed by atoms with Crippen LogP contribution in [-0.2, 0) is 11.0 Å². The number of hydrogen-bond donors (Lipinski definition) is 2. The van der Waals surface area contributed by atoms with Crippen LogP contribution >= 0.6 is 23.7 Å². The van der Waals surface area contributed by atoms with Gasteiger partial charge in [0.15, 0.2) is 0 Å². The highest BCUT2D eigenvalue weighted by Gasteiger charge is 2.35. The summed E-state index contributed by atoms with van der Waals surface area (Å²) in [6, 6.07) is 0. The van der Waals surface area contributed by atoms with E-state index in [-0.39, 0.29) is 35.4 Å². The van der Waals surface area contributed by atoms with Crippen LogP contribution in [0.3, 0.4) is 0 Å². The van der Waals surface area contributed by atoms with Gasteiger partial charge < -0.3 is 11.1 Å². The van der Waals surface area contributed by atoms with Crippen LogP contribution in [-0.4, -0.2) is 22.6 Å². The summed E-state index contributed by atoms with van der Waals surface area (Å²) in [6.07, 6.45) is -4.54. The first-order valence-corrected chi connectivity index (χ1v) is 5.08. The number of amides is 1. The Morgan fingerprint density at radius 3 is 2.53 bits per heavy atom. The molecule has 1 rings (SSSR count). The normalized spacial score (nSPS) is 12.8. The third kappa shape index (κ3) is 4.44. The van der Waals surface area contributed by atoms with Crippen molar-refractivity contribution in [2.75, 3.05) is 11.9 Å². The molecule has 0 aliphatic carbocycles. The molecule has 1 aromatic rings. The van der Waals surface area contributed by atoms with Crippen molar-refractivity contribution < 1.29 is 18.0 Å². The molecular weight excluding hydrogens is 281 g/mol. The molecule has 1 unspecified atom stereocenters. The van der Waals surface area contributed by atoms with Crippen molar-refractivity contribution in [3.63, 3.8) is 0 Å². The van der Waals surface area contributed by atoms with Crippen molar-refractivity contribution >= 4 is 34.8 Å². The van der Waals surface area contributed by atoms with E-state index in [4.69, 9.17) is 5.73 Å². The smallest absolute Gasteiger partial charge is 0.330 e.